The number of aromatic nitrogens is 4. The molecule has 4 rings (SSSR count). The van der Waals surface area contributed by atoms with Crippen molar-refractivity contribution in [3.05, 3.63) is 47.2 Å². The molecule has 0 atom stereocenters. The summed E-state index contributed by atoms with van der Waals surface area (Å²) in [6.07, 6.45) is 3.20. The number of nitrogens with one attached hydrogen (secondary N) is 1. The van der Waals surface area contributed by atoms with Crippen LogP contribution in [0.15, 0.2) is 36.5 Å². The molecule has 0 bridgehead atoms. The summed E-state index contributed by atoms with van der Waals surface area (Å²) < 4.78 is 5.77. The third kappa shape index (κ3) is 5.55. The Morgan fingerprint density at radius 2 is 2.09 bits per heavy atom. The van der Waals surface area contributed by atoms with Crippen molar-refractivity contribution in [2.45, 2.75) is 18.8 Å². The lowest BCUT2D eigenvalue weighted by Crippen LogP contribution is -2.39. The summed E-state index contributed by atoms with van der Waals surface area (Å²) in [6, 6.07) is 9.73. The second-order valence-corrected chi connectivity index (χ2v) is 9.00. The first kappa shape index (κ1) is 24.1. The van der Waals surface area contributed by atoms with Gasteiger partial charge in [0.05, 0.1) is 5.69 Å². The molecule has 10 heteroatoms. The average Bonchev–Trinajstić information content (AvgIpc) is 3.29. The van der Waals surface area contributed by atoms with Crippen LogP contribution < -0.4 is 4.74 Å². The van der Waals surface area contributed by atoms with Crippen molar-refractivity contribution in [2.24, 2.45) is 0 Å². The van der Waals surface area contributed by atoms with E-state index in [0.717, 1.165) is 41.9 Å². The lowest BCUT2D eigenvalue weighted by atomic mass is 9.89. The second kappa shape index (κ2) is 10.9. The topological polar surface area (TPSA) is 107 Å². The van der Waals surface area contributed by atoms with E-state index < -0.39 is 6.61 Å². The molecule has 1 aromatic carbocycles. The number of hydrogen-bond donors (Lipinski definition) is 2. The quantitative estimate of drug-likeness (QED) is 0.506. The minimum absolute atomic E-state index is 0.159. The minimum Gasteiger partial charge on any atom is -0.462 e. The van der Waals surface area contributed by atoms with Gasteiger partial charge in [0.1, 0.15) is 18.9 Å². The van der Waals surface area contributed by atoms with Crippen LogP contribution >= 0.6 is 11.6 Å². The highest BCUT2D eigenvalue weighted by molar-refractivity contribution is 6.30. The van der Waals surface area contributed by atoms with Crippen molar-refractivity contribution in [3.8, 4) is 28.5 Å². The van der Waals surface area contributed by atoms with Crippen LogP contribution in [0.4, 0.5) is 0 Å². The molecule has 9 nitrogen and oxygen atoms in total. The number of amides is 1. The van der Waals surface area contributed by atoms with Crippen molar-refractivity contribution >= 4 is 17.5 Å². The lowest BCUT2D eigenvalue weighted by molar-refractivity contribution is -0.135. The summed E-state index contributed by atoms with van der Waals surface area (Å²) in [4.78, 5) is 24.6. The van der Waals surface area contributed by atoms with Gasteiger partial charge >= 0.3 is 6.01 Å². The van der Waals surface area contributed by atoms with Crippen molar-refractivity contribution in [1.82, 2.24) is 30.0 Å². The molecule has 3 heterocycles. The number of benzene rings is 1. The molecule has 1 saturated heterocycles. The van der Waals surface area contributed by atoms with Gasteiger partial charge in [-0.3, -0.25) is 9.89 Å². The van der Waals surface area contributed by atoms with Crippen molar-refractivity contribution in [3.63, 3.8) is 0 Å². The molecule has 3 aromatic rings. The van der Waals surface area contributed by atoms with E-state index in [1.54, 1.807) is 11.1 Å². The molecule has 1 fully saturated rings. The van der Waals surface area contributed by atoms with Gasteiger partial charge in [0.15, 0.2) is 0 Å². The highest BCUT2D eigenvalue weighted by Gasteiger charge is 2.29. The average molecular weight is 485 g/mol. The molecule has 0 spiro atoms. The van der Waals surface area contributed by atoms with Crippen LogP contribution in [-0.2, 0) is 4.79 Å². The van der Waals surface area contributed by atoms with Crippen LogP contribution in [0.3, 0.4) is 0 Å². The number of ether oxygens (including phenoxy) is 1. The number of hydrogen-bond acceptors (Lipinski definition) is 7. The fourth-order valence-corrected chi connectivity index (χ4v) is 4.33. The highest BCUT2D eigenvalue weighted by Crippen LogP contribution is 2.39. The molecule has 0 saturated carbocycles. The molecule has 2 N–H and O–H groups in total. The Bertz CT molecular complexity index is 1130. The summed E-state index contributed by atoms with van der Waals surface area (Å²) in [7, 11) is 3.96. The number of nitrogens with zero attached hydrogens (tertiary/aromatic N) is 5. The predicted octanol–water partition coefficient (Wildman–Crippen LogP) is 2.83. The molecular formula is C24H29ClN6O3. The van der Waals surface area contributed by atoms with E-state index in [1.807, 2.05) is 49.3 Å². The number of halogens is 1. The Kier molecular flexibility index (Phi) is 7.77. The monoisotopic (exact) mass is 484 g/mol. The Labute approximate surface area is 203 Å². The van der Waals surface area contributed by atoms with Gasteiger partial charge in [-0.25, -0.2) is 4.98 Å². The third-order valence-corrected chi connectivity index (χ3v) is 6.18. The Hall–Kier alpha value is -3.01. The van der Waals surface area contributed by atoms with E-state index in [1.165, 1.54) is 0 Å². The molecule has 180 valence electrons. The van der Waals surface area contributed by atoms with Crippen LogP contribution in [0.5, 0.6) is 6.01 Å². The molecule has 0 aliphatic carbocycles. The van der Waals surface area contributed by atoms with Gasteiger partial charge in [0, 0.05) is 53.6 Å². The molecule has 1 aliphatic rings. The standard InChI is InChI=1S/C24H29ClN6O3/c1-30(2)12-13-34-24-26-9-6-19(27-24)21-22(16-7-10-31(11-8-16)20(33)15-32)28-29-23(21)17-4-3-5-18(25)14-17/h3-6,9,14,16,32H,7-8,10-13,15H2,1-2H3,(H,28,29). The number of aliphatic hydroxyl groups excluding tert-OH is 1. The highest BCUT2D eigenvalue weighted by atomic mass is 35.5. The number of carbonyl (C=O) groups excluding carboxylic acids is 1. The number of H-pyrrole nitrogens is 1. The predicted molar refractivity (Wildman–Crippen MR) is 130 cm³/mol. The van der Waals surface area contributed by atoms with E-state index in [4.69, 9.17) is 21.3 Å². The van der Waals surface area contributed by atoms with Crippen LogP contribution in [-0.4, -0.2) is 87.9 Å². The molecule has 1 aliphatic heterocycles. The third-order valence-electron chi connectivity index (χ3n) is 5.94. The largest absolute Gasteiger partial charge is 0.462 e. The van der Waals surface area contributed by atoms with E-state index in [9.17, 15) is 9.90 Å². The Morgan fingerprint density at radius 3 is 2.79 bits per heavy atom. The number of piperidine rings is 1. The minimum atomic E-state index is -0.462. The normalized spacial score (nSPS) is 14.6. The lowest BCUT2D eigenvalue weighted by Gasteiger charge is -2.31. The van der Waals surface area contributed by atoms with Gasteiger partial charge in [0.25, 0.3) is 0 Å². The van der Waals surface area contributed by atoms with Crippen molar-refractivity contribution in [1.29, 1.82) is 0 Å². The number of aromatic amines is 1. The maximum Gasteiger partial charge on any atom is 0.316 e. The molecule has 1 amide bonds. The van der Waals surface area contributed by atoms with E-state index in [0.29, 0.717) is 36.4 Å². The molecule has 34 heavy (non-hydrogen) atoms. The second-order valence-electron chi connectivity index (χ2n) is 8.56. The van der Waals surface area contributed by atoms with E-state index in [-0.39, 0.29) is 11.8 Å². The summed E-state index contributed by atoms with van der Waals surface area (Å²) in [5.74, 6) is -0.0792. The van der Waals surface area contributed by atoms with Crippen LogP contribution in [0.25, 0.3) is 22.5 Å². The van der Waals surface area contributed by atoms with Crippen LogP contribution in [0.2, 0.25) is 5.02 Å². The number of likely N-dealkylation sites (tertiary alicyclic amines) is 1. The van der Waals surface area contributed by atoms with Gasteiger partial charge in [-0.2, -0.15) is 10.1 Å². The first-order valence-electron chi connectivity index (χ1n) is 11.3. The molecule has 2 aromatic heterocycles. The van der Waals surface area contributed by atoms with E-state index >= 15 is 0 Å². The number of aliphatic hydroxyl groups is 1. The fourth-order valence-electron chi connectivity index (χ4n) is 4.14. The maximum atomic E-state index is 11.9. The SMILES string of the molecule is CN(C)CCOc1nccc(-c2c(-c3cccc(Cl)c3)n[nH]c2C2CCN(C(=O)CO)CC2)n1. The van der Waals surface area contributed by atoms with Crippen LogP contribution in [0, 0.1) is 0 Å². The van der Waals surface area contributed by atoms with Gasteiger partial charge < -0.3 is 19.6 Å². The number of carbonyl (C=O) groups is 1. The summed E-state index contributed by atoms with van der Waals surface area (Å²) in [6.45, 7) is 1.93. The molecule has 0 radical (unpaired) electrons. The summed E-state index contributed by atoms with van der Waals surface area (Å²) in [5, 5.41) is 17.7. The van der Waals surface area contributed by atoms with Crippen LogP contribution in [0.1, 0.15) is 24.5 Å². The summed E-state index contributed by atoms with van der Waals surface area (Å²) in [5.41, 5.74) is 4.19. The zero-order valence-electron chi connectivity index (χ0n) is 19.4. The molecule has 0 unspecified atom stereocenters. The first-order chi connectivity index (χ1) is 16.5. The zero-order chi connectivity index (χ0) is 24.1. The number of rotatable bonds is 8. The van der Waals surface area contributed by atoms with Gasteiger partial charge in [0.2, 0.25) is 5.91 Å². The van der Waals surface area contributed by atoms with Crippen molar-refractivity contribution in [2.75, 3.05) is 46.9 Å². The van der Waals surface area contributed by atoms with Gasteiger partial charge in [-0.05, 0) is 45.1 Å². The zero-order valence-corrected chi connectivity index (χ0v) is 20.1. The summed E-state index contributed by atoms with van der Waals surface area (Å²) >= 11 is 6.27. The number of likely N-dealkylation sites (N-methyl/N-ethyl adjacent to an activating group) is 1. The van der Waals surface area contributed by atoms with Gasteiger partial charge in [-0.15, -0.1) is 0 Å². The Morgan fingerprint density at radius 1 is 1.29 bits per heavy atom. The first-order valence-corrected chi connectivity index (χ1v) is 11.7. The maximum absolute atomic E-state index is 11.9. The van der Waals surface area contributed by atoms with Crippen molar-refractivity contribution < 1.29 is 14.6 Å². The smallest absolute Gasteiger partial charge is 0.316 e. The van der Waals surface area contributed by atoms with E-state index in [2.05, 4.69) is 15.2 Å². The fraction of sp³-hybridized carbons (Fsp3) is 0.417. The Balaban J connectivity index is 1.68. The van der Waals surface area contributed by atoms with Gasteiger partial charge in [-0.1, -0.05) is 23.7 Å². The molecular weight excluding hydrogens is 456 g/mol.